The number of hydrogen-bond acceptors (Lipinski definition) is 5. The lowest BCUT2D eigenvalue weighted by Gasteiger charge is -2.32. The lowest BCUT2D eigenvalue weighted by atomic mass is 9.94. The van der Waals surface area contributed by atoms with Gasteiger partial charge in [0.1, 0.15) is 5.54 Å². The number of nitrogens with one attached hydrogen (secondary N) is 1. The molecule has 0 saturated heterocycles. The number of hydrogen-bond donors (Lipinski definition) is 1. The number of carbonyl (C=O) groups is 1. The molecular formula is C15H29NO4. The largest absolute Gasteiger partial charge is 0.465 e. The first-order chi connectivity index (χ1) is 9.71. The van der Waals surface area contributed by atoms with Gasteiger partial charge in [0.25, 0.3) is 0 Å². The SMILES string of the molecule is CCCOCCOCC(NCC)(C(=O)OCC)C1CC1. The molecule has 1 atom stereocenters. The van der Waals surface area contributed by atoms with Crippen LogP contribution in [0.25, 0.3) is 0 Å². The van der Waals surface area contributed by atoms with Crippen molar-refractivity contribution >= 4 is 5.97 Å². The standard InChI is InChI=1S/C15H29NO4/c1-4-9-18-10-11-19-12-15(16-5-2,13-7-8-13)14(17)20-6-3/h13,16H,4-12H2,1-3H3. The summed E-state index contributed by atoms with van der Waals surface area (Å²) in [6.07, 6.45) is 3.12. The third-order valence-electron chi connectivity index (χ3n) is 3.46. The van der Waals surface area contributed by atoms with E-state index >= 15 is 0 Å². The van der Waals surface area contributed by atoms with E-state index in [0.717, 1.165) is 32.4 Å². The summed E-state index contributed by atoms with van der Waals surface area (Å²) in [5, 5.41) is 3.30. The number of ether oxygens (including phenoxy) is 3. The molecule has 1 unspecified atom stereocenters. The lowest BCUT2D eigenvalue weighted by molar-refractivity contribution is -0.156. The first kappa shape index (κ1) is 17.4. The van der Waals surface area contributed by atoms with E-state index in [1.807, 2.05) is 13.8 Å². The second-order valence-electron chi connectivity index (χ2n) is 5.16. The molecule has 5 heteroatoms. The van der Waals surface area contributed by atoms with E-state index in [9.17, 15) is 4.79 Å². The average Bonchev–Trinajstić information content (AvgIpc) is 3.26. The fourth-order valence-corrected chi connectivity index (χ4v) is 2.36. The molecule has 0 aromatic rings. The third kappa shape index (κ3) is 5.04. The van der Waals surface area contributed by atoms with Gasteiger partial charge in [-0.3, -0.25) is 5.32 Å². The van der Waals surface area contributed by atoms with Crippen molar-refractivity contribution in [3.63, 3.8) is 0 Å². The summed E-state index contributed by atoms with van der Waals surface area (Å²) in [5.74, 6) is 0.150. The molecule has 0 radical (unpaired) electrons. The number of carbonyl (C=O) groups excluding carboxylic acids is 1. The zero-order valence-electron chi connectivity index (χ0n) is 13.1. The fraction of sp³-hybridized carbons (Fsp3) is 0.933. The highest BCUT2D eigenvalue weighted by Gasteiger charge is 2.51. The molecular weight excluding hydrogens is 258 g/mol. The van der Waals surface area contributed by atoms with Crippen LogP contribution in [0, 0.1) is 5.92 Å². The fourth-order valence-electron chi connectivity index (χ4n) is 2.36. The number of likely N-dealkylation sites (N-methyl/N-ethyl adjacent to an activating group) is 1. The van der Waals surface area contributed by atoms with Crippen LogP contribution in [0.5, 0.6) is 0 Å². The summed E-state index contributed by atoms with van der Waals surface area (Å²) in [4.78, 5) is 12.3. The van der Waals surface area contributed by atoms with Crippen LogP contribution in [-0.2, 0) is 19.0 Å². The van der Waals surface area contributed by atoms with Crippen LogP contribution in [0.2, 0.25) is 0 Å². The quantitative estimate of drug-likeness (QED) is 0.438. The topological polar surface area (TPSA) is 56.8 Å². The van der Waals surface area contributed by atoms with Crippen molar-refractivity contribution in [1.82, 2.24) is 5.32 Å². The Morgan fingerprint density at radius 3 is 2.40 bits per heavy atom. The zero-order valence-corrected chi connectivity index (χ0v) is 13.1. The first-order valence-corrected chi connectivity index (χ1v) is 7.79. The summed E-state index contributed by atoms with van der Waals surface area (Å²) in [5.41, 5.74) is -0.671. The Kier molecular flexibility index (Phi) is 8.11. The number of rotatable bonds is 12. The van der Waals surface area contributed by atoms with Gasteiger partial charge in [-0.15, -0.1) is 0 Å². The summed E-state index contributed by atoms with van der Waals surface area (Å²) in [6.45, 7) is 9.24. The van der Waals surface area contributed by atoms with Crippen LogP contribution in [0.1, 0.15) is 40.0 Å². The highest BCUT2D eigenvalue weighted by molar-refractivity contribution is 5.82. The Hall–Kier alpha value is -0.650. The molecule has 0 amide bonds. The molecule has 0 aliphatic heterocycles. The van der Waals surface area contributed by atoms with Crippen molar-refractivity contribution in [2.75, 3.05) is 39.6 Å². The van der Waals surface area contributed by atoms with Crippen LogP contribution in [0.4, 0.5) is 0 Å². The minimum Gasteiger partial charge on any atom is -0.465 e. The Bertz CT molecular complexity index is 281. The second-order valence-corrected chi connectivity index (χ2v) is 5.16. The molecule has 0 aromatic heterocycles. The normalized spacial score (nSPS) is 17.8. The van der Waals surface area contributed by atoms with Crippen molar-refractivity contribution in [1.29, 1.82) is 0 Å². The summed E-state index contributed by atoms with van der Waals surface area (Å²) < 4.78 is 16.3. The average molecular weight is 287 g/mol. The Balaban J connectivity index is 2.47. The molecule has 5 nitrogen and oxygen atoms in total. The van der Waals surface area contributed by atoms with E-state index in [4.69, 9.17) is 14.2 Å². The second kappa shape index (κ2) is 9.32. The van der Waals surface area contributed by atoms with Gasteiger partial charge in [-0.05, 0) is 38.6 Å². The maximum absolute atomic E-state index is 12.3. The molecule has 0 heterocycles. The molecule has 1 saturated carbocycles. The van der Waals surface area contributed by atoms with E-state index in [-0.39, 0.29) is 5.97 Å². The molecule has 1 aliphatic carbocycles. The van der Waals surface area contributed by atoms with E-state index in [1.165, 1.54) is 0 Å². The monoisotopic (exact) mass is 287 g/mol. The first-order valence-electron chi connectivity index (χ1n) is 7.79. The van der Waals surface area contributed by atoms with Gasteiger partial charge >= 0.3 is 5.97 Å². The molecule has 1 N–H and O–H groups in total. The number of esters is 1. The maximum Gasteiger partial charge on any atom is 0.329 e. The van der Waals surface area contributed by atoms with Gasteiger partial charge in [0.2, 0.25) is 0 Å². The Morgan fingerprint density at radius 1 is 1.15 bits per heavy atom. The molecule has 0 bridgehead atoms. The van der Waals surface area contributed by atoms with Crippen molar-refractivity contribution in [3.05, 3.63) is 0 Å². The van der Waals surface area contributed by atoms with Gasteiger partial charge in [0.05, 0.1) is 26.4 Å². The molecule has 1 fully saturated rings. The Morgan fingerprint density at radius 2 is 1.85 bits per heavy atom. The van der Waals surface area contributed by atoms with Crippen LogP contribution in [-0.4, -0.2) is 51.1 Å². The van der Waals surface area contributed by atoms with Crippen LogP contribution in [0.3, 0.4) is 0 Å². The zero-order chi connectivity index (χ0) is 14.8. The van der Waals surface area contributed by atoms with E-state index < -0.39 is 5.54 Å². The maximum atomic E-state index is 12.3. The van der Waals surface area contributed by atoms with Gasteiger partial charge in [-0.2, -0.15) is 0 Å². The molecule has 0 aromatic carbocycles. The van der Waals surface area contributed by atoms with Gasteiger partial charge in [-0.1, -0.05) is 13.8 Å². The van der Waals surface area contributed by atoms with Crippen molar-refractivity contribution in [2.24, 2.45) is 5.92 Å². The van der Waals surface area contributed by atoms with E-state index in [0.29, 0.717) is 32.3 Å². The minimum absolute atomic E-state index is 0.182. The van der Waals surface area contributed by atoms with Crippen molar-refractivity contribution in [3.8, 4) is 0 Å². The Labute approximate surface area is 122 Å². The van der Waals surface area contributed by atoms with Gasteiger partial charge in [0, 0.05) is 6.61 Å². The van der Waals surface area contributed by atoms with Crippen molar-refractivity contribution in [2.45, 2.75) is 45.6 Å². The molecule has 20 heavy (non-hydrogen) atoms. The van der Waals surface area contributed by atoms with Crippen LogP contribution >= 0.6 is 0 Å². The predicted octanol–water partition coefficient (Wildman–Crippen LogP) is 1.75. The summed E-state index contributed by atoms with van der Waals surface area (Å²) in [6, 6.07) is 0. The van der Waals surface area contributed by atoms with E-state index in [2.05, 4.69) is 12.2 Å². The smallest absolute Gasteiger partial charge is 0.329 e. The molecule has 1 aliphatic rings. The lowest BCUT2D eigenvalue weighted by Crippen LogP contribution is -2.58. The molecule has 0 spiro atoms. The van der Waals surface area contributed by atoms with Crippen LogP contribution < -0.4 is 5.32 Å². The third-order valence-corrected chi connectivity index (χ3v) is 3.46. The van der Waals surface area contributed by atoms with Crippen LogP contribution in [0.15, 0.2) is 0 Å². The highest BCUT2D eigenvalue weighted by atomic mass is 16.5. The van der Waals surface area contributed by atoms with E-state index in [1.54, 1.807) is 0 Å². The van der Waals surface area contributed by atoms with Gasteiger partial charge in [0.15, 0.2) is 0 Å². The summed E-state index contributed by atoms with van der Waals surface area (Å²) >= 11 is 0. The predicted molar refractivity (Wildman–Crippen MR) is 77.7 cm³/mol. The van der Waals surface area contributed by atoms with Gasteiger partial charge < -0.3 is 14.2 Å². The summed E-state index contributed by atoms with van der Waals surface area (Å²) in [7, 11) is 0. The van der Waals surface area contributed by atoms with Crippen molar-refractivity contribution < 1.29 is 19.0 Å². The molecule has 118 valence electrons. The molecule has 1 rings (SSSR count). The van der Waals surface area contributed by atoms with Gasteiger partial charge in [-0.25, -0.2) is 4.79 Å². The minimum atomic E-state index is -0.671. The highest BCUT2D eigenvalue weighted by Crippen LogP contribution is 2.40.